The fourth-order valence-corrected chi connectivity index (χ4v) is 3.20. The Balaban J connectivity index is 1.89. The topological polar surface area (TPSA) is 12.0 Å². The zero-order valence-corrected chi connectivity index (χ0v) is 12.3. The van der Waals surface area contributed by atoms with Gasteiger partial charge in [-0.05, 0) is 42.9 Å². The summed E-state index contributed by atoms with van der Waals surface area (Å²) in [6.07, 6.45) is 7.91. The van der Waals surface area contributed by atoms with Gasteiger partial charge in [-0.2, -0.15) is 0 Å². The SMILES string of the molecule is CCC(NCc1ccc(Cl)c(F)c1)C1CCCCC1. The largest absolute Gasteiger partial charge is 0.310 e. The summed E-state index contributed by atoms with van der Waals surface area (Å²) in [6, 6.07) is 5.61. The monoisotopic (exact) mass is 283 g/mol. The predicted molar refractivity (Wildman–Crippen MR) is 78.9 cm³/mol. The number of benzene rings is 1. The summed E-state index contributed by atoms with van der Waals surface area (Å²) >= 11 is 5.70. The van der Waals surface area contributed by atoms with E-state index in [0.29, 0.717) is 6.04 Å². The first-order valence-electron chi connectivity index (χ1n) is 7.38. The molecule has 0 bridgehead atoms. The van der Waals surface area contributed by atoms with Crippen LogP contribution in [0.2, 0.25) is 5.02 Å². The van der Waals surface area contributed by atoms with Crippen LogP contribution in [0.15, 0.2) is 18.2 Å². The van der Waals surface area contributed by atoms with Crippen LogP contribution in [0.25, 0.3) is 0 Å². The number of hydrogen-bond acceptors (Lipinski definition) is 1. The quantitative estimate of drug-likeness (QED) is 0.808. The van der Waals surface area contributed by atoms with Crippen LogP contribution >= 0.6 is 11.6 Å². The molecule has 106 valence electrons. The van der Waals surface area contributed by atoms with E-state index in [-0.39, 0.29) is 10.8 Å². The van der Waals surface area contributed by atoms with E-state index in [2.05, 4.69) is 12.2 Å². The molecule has 0 aromatic heterocycles. The van der Waals surface area contributed by atoms with Crippen molar-refractivity contribution in [2.45, 2.75) is 58.0 Å². The minimum absolute atomic E-state index is 0.197. The molecule has 0 radical (unpaired) electrons. The fraction of sp³-hybridized carbons (Fsp3) is 0.625. The van der Waals surface area contributed by atoms with E-state index in [1.165, 1.54) is 38.2 Å². The molecular formula is C16H23ClFN. The van der Waals surface area contributed by atoms with E-state index in [1.54, 1.807) is 6.07 Å². The molecule has 1 fully saturated rings. The standard InChI is InChI=1S/C16H23ClFN/c1-2-16(13-6-4-3-5-7-13)19-11-12-8-9-14(17)15(18)10-12/h8-10,13,16,19H,2-7,11H2,1H3. The van der Waals surface area contributed by atoms with Crippen LogP contribution in [0.1, 0.15) is 51.0 Å². The van der Waals surface area contributed by atoms with Gasteiger partial charge < -0.3 is 5.32 Å². The van der Waals surface area contributed by atoms with Crippen molar-refractivity contribution in [2.75, 3.05) is 0 Å². The first-order valence-corrected chi connectivity index (χ1v) is 7.75. The maximum atomic E-state index is 13.4. The third-order valence-electron chi connectivity index (χ3n) is 4.21. The van der Waals surface area contributed by atoms with E-state index in [0.717, 1.165) is 24.4 Å². The van der Waals surface area contributed by atoms with Gasteiger partial charge >= 0.3 is 0 Å². The third kappa shape index (κ3) is 4.19. The number of nitrogens with one attached hydrogen (secondary N) is 1. The highest BCUT2D eigenvalue weighted by Gasteiger charge is 2.21. The Morgan fingerprint density at radius 3 is 2.68 bits per heavy atom. The molecule has 0 saturated heterocycles. The molecule has 1 N–H and O–H groups in total. The van der Waals surface area contributed by atoms with Crippen molar-refractivity contribution in [3.63, 3.8) is 0 Å². The maximum Gasteiger partial charge on any atom is 0.142 e. The molecule has 1 aliphatic rings. The van der Waals surface area contributed by atoms with Crippen molar-refractivity contribution in [3.05, 3.63) is 34.6 Å². The second-order valence-corrected chi connectivity index (χ2v) is 5.95. The molecule has 1 aliphatic carbocycles. The van der Waals surface area contributed by atoms with E-state index in [1.807, 2.05) is 6.07 Å². The summed E-state index contributed by atoms with van der Waals surface area (Å²) in [4.78, 5) is 0. The van der Waals surface area contributed by atoms with Gasteiger partial charge in [0.05, 0.1) is 5.02 Å². The molecule has 1 saturated carbocycles. The Bertz CT molecular complexity index is 402. The maximum absolute atomic E-state index is 13.4. The molecule has 2 rings (SSSR count). The molecule has 0 heterocycles. The van der Waals surface area contributed by atoms with Gasteiger partial charge in [-0.25, -0.2) is 4.39 Å². The number of hydrogen-bond donors (Lipinski definition) is 1. The highest BCUT2D eigenvalue weighted by molar-refractivity contribution is 6.30. The summed E-state index contributed by atoms with van der Waals surface area (Å²) in [6.45, 7) is 2.96. The molecule has 0 spiro atoms. The van der Waals surface area contributed by atoms with Crippen molar-refractivity contribution in [2.24, 2.45) is 5.92 Å². The van der Waals surface area contributed by atoms with Gasteiger partial charge in [-0.15, -0.1) is 0 Å². The Labute approximate surface area is 120 Å². The number of halogens is 2. The van der Waals surface area contributed by atoms with Crippen molar-refractivity contribution in [1.29, 1.82) is 0 Å². The number of rotatable bonds is 5. The van der Waals surface area contributed by atoms with E-state index in [9.17, 15) is 4.39 Å². The normalized spacial score (nSPS) is 18.5. The lowest BCUT2D eigenvalue weighted by atomic mass is 9.83. The second-order valence-electron chi connectivity index (χ2n) is 5.54. The minimum atomic E-state index is -0.327. The average Bonchev–Trinajstić information content (AvgIpc) is 2.44. The van der Waals surface area contributed by atoms with Crippen molar-refractivity contribution in [1.82, 2.24) is 5.32 Å². The van der Waals surface area contributed by atoms with Crippen molar-refractivity contribution < 1.29 is 4.39 Å². The Morgan fingerprint density at radius 1 is 1.32 bits per heavy atom. The molecule has 1 aromatic rings. The predicted octanol–water partition coefficient (Wildman–Crippen LogP) is 4.93. The summed E-state index contributed by atoms with van der Waals surface area (Å²) < 4.78 is 13.4. The van der Waals surface area contributed by atoms with Crippen LogP contribution in [0.5, 0.6) is 0 Å². The second kappa shape index (κ2) is 7.25. The van der Waals surface area contributed by atoms with E-state index in [4.69, 9.17) is 11.6 Å². The molecule has 1 atom stereocenters. The lowest BCUT2D eigenvalue weighted by molar-refractivity contribution is 0.261. The van der Waals surface area contributed by atoms with Gasteiger partial charge in [0.15, 0.2) is 0 Å². The van der Waals surface area contributed by atoms with Gasteiger partial charge in [0.25, 0.3) is 0 Å². The van der Waals surface area contributed by atoms with E-state index >= 15 is 0 Å². The average molecular weight is 284 g/mol. The molecule has 0 amide bonds. The van der Waals surface area contributed by atoms with Crippen LogP contribution in [-0.2, 0) is 6.54 Å². The van der Waals surface area contributed by atoms with Crippen molar-refractivity contribution in [3.8, 4) is 0 Å². The molecule has 1 nitrogen and oxygen atoms in total. The molecule has 19 heavy (non-hydrogen) atoms. The highest BCUT2D eigenvalue weighted by Crippen LogP contribution is 2.28. The van der Waals surface area contributed by atoms with Gasteiger partial charge in [0.1, 0.15) is 5.82 Å². The summed E-state index contributed by atoms with van der Waals surface area (Å²) in [5, 5.41) is 3.79. The van der Waals surface area contributed by atoms with Crippen LogP contribution in [-0.4, -0.2) is 6.04 Å². The van der Waals surface area contributed by atoms with E-state index < -0.39 is 0 Å². The van der Waals surface area contributed by atoms with Gasteiger partial charge in [0, 0.05) is 12.6 Å². The lowest BCUT2D eigenvalue weighted by Crippen LogP contribution is -2.36. The van der Waals surface area contributed by atoms with Gasteiger partial charge in [-0.1, -0.05) is 43.9 Å². The van der Waals surface area contributed by atoms with Crippen LogP contribution in [0.3, 0.4) is 0 Å². The first-order chi connectivity index (χ1) is 9.20. The molecule has 1 aromatic carbocycles. The first kappa shape index (κ1) is 14.8. The smallest absolute Gasteiger partial charge is 0.142 e. The fourth-order valence-electron chi connectivity index (χ4n) is 3.08. The zero-order chi connectivity index (χ0) is 13.7. The van der Waals surface area contributed by atoms with Gasteiger partial charge in [0.2, 0.25) is 0 Å². The minimum Gasteiger partial charge on any atom is -0.310 e. The van der Waals surface area contributed by atoms with Crippen LogP contribution in [0, 0.1) is 11.7 Å². The third-order valence-corrected chi connectivity index (χ3v) is 4.52. The van der Waals surface area contributed by atoms with Crippen LogP contribution in [0.4, 0.5) is 4.39 Å². The zero-order valence-electron chi connectivity index (χ0n) is 11.6. The molecular weight excluding hydrogens is 261 g/mol. The highest BCUT2D eigenvalue weighted by atomic mass is 35.5. The summed E-state index contributed by atoms with van der Waals surface area (Å²) in [5.74, 6) is 0.461. The Hall–Kier alpha value is -0.600. The molecule has 3 heteroatoms. The summed E-state index contributed by atoms with van der Waals surface area (Å²) in [5.41, 5.74) is 0.969. The van der Waals surface area contributed by atoms with Crippen LogP contribution < -0.4 is 5.32 Å². The molecule has 1 unspecified atom stereocenters. The Kier molecular flexibility index (Phi) is 5.65. The van der Waals surface area contributed by atoms with Crippen molar-refractivity contribution >= 4 is 11.6 Å². The lowest BCUT2D eigenvalue weighted by Gasteiger charge is -2.30. The molecule has 0 aliphatic heterocycles. The Morgan fingerprint density at radius 2 is 2.05 bits per heavy atom. The van der Waals surface area contributed by atoms with Gasteiger partial charge in [-0.3, -0.25) is 0 Å². The summed E-state index contributed by atoms with van der Waals surface area (Å²) in [7, 11) is 0.